The van der Waals surface area contributed by atoms with Gasteiger partial charge in [0.2, 0.25) is 0 Å². The van der Waals surface area contributed by atoms with Gasteiger partial charge in [0.25, 0.3) is 11.8 Å². The summed E-state index contributed by atoms with van der Waals surface area (Å²) in [4.78, 5) is 48.1. The molecule has 0 atom stereocenters. The Morgan fingerprint density at radius 3 is 2.16 bits per heavy atom. The quantitative estimate of drug-likeness (QED) is 0.365. The van der Waals surface area contributed by atoms with Crippen LogP contribution in [0.2, 0.25) is 0 Å². The van der Waals surface area contributed by atoms with Crippen LogP contribution < -0.4 is 10.6 Å². The smallest absolute Gasteiger partial charge is 0.337 e. The number of hydrogen-bond acceptors (Lipinski definition) is 6. The number of barbiturate groups is 1. The van der Waals surface area contributed by atoms with E-state index in [-0.39, 0.29) is 12.0 Å². The zero-order chi connectivity index (χ0) is 22.7. The van der Waals surface area contributed by atoms with Crippen LogP contribution in [0.4, 0.5) is 4.79 Å². The second-order valence-corrected chi connectivity index (χ2v) is 6.99. The maximum absolute atomic E-state index is 12.5. The molecule has 0 radical (unpaired) electrons. The van der Waals surface area contributed by atoms with Gasteiger partial charge in [-0.25, -0.2) is 9.59 Å². The molecular weight excluding hydrogens is 412 g/mol. The van der Waals surface area contributed by atoms with E-state index in [1.165, 1.54) is 7.11 Å². The van der Waals surface area contributed by atoms with E-state index in [1.807, 2.05) is 30.3 Å². The summed E-state index contributed by atoms with van der Waals surface area (Å²) in [5, 5.41) is 4.21. The monoisotopic (exact) mass is 430 g/mol. The fourth-order valence-corrected chi connectivity index (χ4v) is 3.38. The van der Waals surface area contributed by atoms with Crippen LogP contribution in [-0.2, 0) is 20.7 Å². The van der Waals surface area contributed by atoms with Gasteiger partial charge in [0.15, 0.2) is 0 Å². The van der Waals surface area contributed by atoms with Gasteiger partial charge in [-0.05, 0) is 29.8 Å². The van der Waals surface area contributed by atoms with Crippen molar-refractivity contribution in [1.82, 2.24) is 10.6 Å². The molecular formula is C24H18N2O6. The molecule has 0 saturated carbocycles. The number of carbonyl (C=O) groups excluding carboxylic acids is 4. The third-order valence-corrected chi connectivity index (χ3v) is 4.93. The number of rotatable bonds is 5. The molecule has 32 heavy (non-hydrogen) atoms. The molecule has 4 amide bonds. The maximum Gasteiger partial charge on any atom is 0.337 e. The van der Waals surface area contributed by atoms with Gasteiger partial charge in [0.05, 0.1) is 12.7 Å². The first-order valence-corrected chi connectivity index (χ1v) is 9.69. The van der Waals surface area contributed by atoms with E-state index >= 15 is 0 Å². The van der Waals surface area contributed by atoms with Crippen molar-refractivity contribution in [1.29, 1.82) is 0 Å². The highest BCUT2D eigenvalue weighted by Gasteiger charge is 2.32. The molecule has 4 rings (SSSR count). The summed E-state index contributed by atoms with van der Waals surface area (Å²) in [6.45, 7) is 0. The highest BCUT2D eigenvalue weighted by Crippen LogP contribution is 2.31. The van der Waals surface area contributed by atoms with Crippen molar-refractivity contribution in [3.05, 3.63) is 89.2 Å². The maximum atomic E-state index is 12.5. The molecule has 1 aromatic heterocycles. The average molecular weight is 430 g/mol. The summed E-state index contributed by atoms with van der Waals surface area (Å²) >= 11 is 0. The third kappa shape index (κ3) is 4.20. The van der Waals surface area contributed by atoms with Crippen LogP contribution >= 0.6 is 0 Å². The van der Waals surface area contributed by atoms with Gasteiger partial charge < -0.3 is 9.15 Å². The van der Waals surface area contributed by atoms with Crippen molar-refractivity contribution in [2.45, 2.75) is 6.42 Å². The van der Waals surface area contributed by atoms with Gasteiger partial charge >= 0.3 is 12.0 Å². The number of amides is 4. The zero-order valence-corrected chi connectivity index (χ0v) is 17.0. The van der Waals surface area contributed by atoms with E-state index in [4.69, 9.17) is 9.15 Å². The molecule has 1 aliphatic heterocycles. The Morgan fingerprint density at radius 2 is 1.53 bits per heavy atom. The molecule has 2 aromatic carbocycles. The van der Waals surface area contributed by atoms with Crippen molar-refractivity contribution in [2.75, 3.05) is 7.11 Å². The first-order chi connectivity index (χ1) is 15.5. The standard InChI is InChI=1S/C24H18N2O6/c1-31-23(29)16-9-7-15(8-10-16)18-11-12-19(32-18)17(13-14-5-3-2-4-6-14)20-21(27)25-24(30)26-22(20)28/h2-12H,13H2,1H3,(H2,25,26,27,28,30). The Hall–Kier alpha value is -4.46. The summed E-state index contributed by atoms with van der Waals surface area (Å²) in [7, 11) is 1.31. The van der Waals surface area contributed by atoms with E-state index in [1.54, 1.807) is 36.4 Å². The number of nitrogens with one attached hydrogen (secondary N) is 2. The second-order valence-electron chi connectivity index (χ2n) is 6.99. The van der Waals surface area contributed by atoms with Gasteiger partial charge in [-0.3, -0.25) is 20.2 Å². The zero-order valence-electron chi connectivity index (χ0n) is 17.0. The minimum atomic E-state index is -0.867. The Kier molecular flexibility index (Phi) is 5.67. The van der Waals surface area contributed by atoms with Crippen molar-refractivity contribution in [3.8, 4) is 11.3 Å². The highest BCUT2D eigenvalue weighted by atomic mass is 16.5. The van der Waals surface area contributed by atoms with Crippen LogP contribution in [0.3, 0.4) is 0 Å². The number of methoxy groups -OCH3 is 1. The van der Waals surface area contributed by atoms with Gasteiger partial charge in [0.1, 0.15) is 17.1 Å². The van der Waals surface area contributed by atoms with Crippen LogP contribution in [-0.4, -0.2) is 30.9 Å². The summed E-state index contributed by atoms with van der Waals surface area (Å²) < 4.78 is 10.7. The summed E-state index contributed by atoms with van der Waals surface area (Å²) in [5.74, 6) is -1.23. The van der Waals surface area contributed by atoms with Gasteiger partial charge in [-0.15, -0.1) is 0 Å². The van der Waals surface area contributed by atoms with Gasteiger partial charge in [0, 0.05) is 17.6 Å². The number of hydrogen-bond donors (Lipinski definition) is 2. The van der Waals surface area contributed by atoms with Crippen LogP contribution in [0, 0.1) is 0 Å². The molecule has 1 saturated heterocycles. The van der Waals surface area contributed by atoms with E-state index in [9.17, 15) is 19.2 Å². The fourth-order valence-electron chi connectivity index (χ4n) is 3.38. The molecule has 3 aromatic rings. The number of imide groups is 2. The first-order valence-electron chi connectivity index (χ1n) is 9.69. The summed E-state index contributed by atoms with van der Waals surface area (Å²) in [5.41, 5.74) is 2.11. The van der Waals surface area contributed by atoms with Crippen LogP contribution in [0.15, 0.2) is 76.7 Å². The lowest BCUT2D eigenvalue weighted by Crippen LogP contribution is -2.51. The molecule has 2 heterocycles. The minimum Gasteiger partial charge on any atom is -0.465 e. The largest absolute Gasteiger partial charge is 0.465 e. The minimum absolute atomic E-state index is 0.185. The van der Waals surface area contributed by atoms with Crippen molar-refractivity contribution in [2.24, 2.45) is 0 Å². The Labute approximate surface area is 182 Å². The number of urea groups is 1. The Bertz CT molecular complexity index is 1220. The molecule has 1 aliphatic rings. The number of furan rings is 1. The highest BCUT2D eigenvalue weighted by molar-refractivity contribution is 6.32. The molecule has 1 fully saturated rings. The molecule has 0 spiro atoms. The van der Waals surface area contributed by atoms with Crippen molar-refractivity contribution in [3.63, 3.8) is 0 Å². The number of carbonyl (C=O) groups is 4. The number of esters is 1. The van der Waals surface area contributed by atoms with Gasteiger partial charge in [-0.1, -0.05) is 42.5 Å². The normalized spacial score (nSPS) is 13.4. The molecule has 0 bridgehead atoms. The SMILES string of the molecule is COC(=O)c1ccc(-c2ccc(C(Cc3ccccc3)=C3C(=O)NC(=O)NC3=O)o2)cc1. The number of benzene rings is 2. The summed E-state index contributed by atoms with van der Waals surface area (Å²) in [6, 6.07) is 18.4. The lowest BCUT2D eigenvalue weighted by Gasteiger charge is -2.17. The van der Waals surface area contributed by atoms with E-state index in [0.29, 0.717) is 28.2 Å². The lowest BCUT2D eigenvalue weighted by molar-refractivity contribution is -0.123. The number of allylic oxidation sites excluding steroid dienone is 1. The topological polar surface area (TPSA) is 115 Å². The molecule has 8 heteroatoms. The molecule has 160 valence electrons. The molecule has 0 aliphatic carbocycles. The van der Waals surface area contributed by atoms with Crippen molar-refractivity contribution >= 4 is 29.4 Å². The van der Waals surface area contributed by atoms with Crippen LogP contribution in [0.5, 0.6) is 0 Å². The predicted molar refractivity (Wildman–Crippen MR) is 114 cm³/mol. The second kappa shape index (κ2) is 8.73. The van der Waals surface area contributed by atoms with E-state index in [0.717, 1.165) is 5.56 Å². The van der Waals surface area contributed by atoms with Crippen LogP contribution in [0.1, 0.15) is 21.7 Å². The van der Waals surface area contributed by atoms with E-state index in [2.05, 4.69) is 10.6 Å². The predicted octanol–water partition coefficient (Wildman–Crippen LogP) is 3.10. The van der Waals surface area contributed by atoms with Crippen molar-refractivity contribution < 1.29 is 28.3 Å². The lowest BCUT2D eigenvalue weighted by atomic mass is 9.96. The summed E-state index contributed by atoms with van der Waals surface area (Å²) in [6.07, 6.45) is 0.236. The Morgan fingerprint density at radius 1 is 0.875 bits per heavy atom. The number of ether oxygens (including phenoxy) is 1. The van der Waals surface area contributed by atoms with E-state index < -0.39 is 23.8 Å². The molecule has 0 unspecified atom stereocenters. The van der Waals surface area contributed by atoms with Crippen LogP contribution in [0.25, 0.3) is 16.9 Å². The fraction of sp³-hybridized carbons (Fsp3) is 0.0833. The van der Waals surface area contributed by atoms with Gasteiger partial charge in [-0.2, -0.15) is 0 Å². The molecule has 2 N–H and O–H groups in total. The third-order valence-electron chi connectivity index (χ3n) is 4.93. The first kappa shape index (κ1) is 20.8. The molecule has 8 nitrogen and oxygen atoms in total. The Balaban J connectivity index is 1.74. The average Bonchev–Trinajstić information content (AvgIpc) is 3.28.